The van der Waals surface area contributed by atoms with Gasteiger partial charge in [-0.05, 0) is 79.0 Å². The predicted octanol–water partition coefficient (Wildman–Crippen LogP) is 5.01. The summed E-state index contributed by atoms with van der Waals surface area (Å²) in [5.74, 6) is -0.0807. The van der Waals surface area contributed by atoms with Crippen LogP contribution in [0.2, 0.25) is 5.02 Å². The Kier molecular flexibility index (Phi) is 9.27. The van der Waals surface area contributed by atoms with Gasteiger partial charge in [-0.25, -0.2) is 4.98 Å². The lowest BCUT2D eigenvalue weighted by Crippen LogP contribution is -2.48. The van der Waals surface area contributed by atoms with Gasteiger partial charge in [-0.1, -0.05) is 35.9 Å². The molecule has 4 aromatic rings. The van der Waals surface area contributed by atoms with E-state index in [1.165, 1.54) is 0 Å². The molecule has 204 valence electrons. The fraction of sp³-hybridized carbons (Fsp3) is 0.276. The minimum Gasteiger partial charge on any atom is -0.489 e. The van der Waals surface area contributed by atoms with Gasteiger partial charge in [0, 0.05) is 30.1 Å². The molecule has 0 aliphatic heterocycles. The van der Waals surface area contributed by atoms with Gasteiger partial charge < -0.3 is 25.5 Å². The van der Waals surface area contributed by atoms with Crippen molar-refractivity contribution in [2.24, 2.45) is 5.73 Å². The topological polar surface area (TPSA) is 111 Å². The number of imidazole rings is 1. The van der Waals surface area contributed by atoms with E-state index in [0.29, 0.717) is 22.8 Å². The molecule has 0 aliphatic rings. The van der Waals surface area contributed by atoms with Crippen molar-refractivity contribution in [3.63, 3.8) is 0 Å². The molecule has 4 rings (SSSR count). The van der Waals surface area contributed by atoms with Crippen molar-refractivity contribution in [3.8, 4) is 17.0 Å². The summed E-state index contributed by atoms with van der Waals surface area (Å²) in [6.07, 6.45) is 4.38. The van der Waals surface area contributed by atoms with Crippen LogP contribution in [0.4, 0.5) is 0 Å². The highest BCUT2D eigenvalue weighted by molar-refractivity contribution is 9.10. The molecule has 0 saturated heterocycles. The number of pyridine rings is 1. The first-order chi connectivity index (χ1) is 18.6. The third kappa shape index (κ3) is 7.38. The highest BCUT2D eigenvalue weighted by Crippen LogP contribution is 2.27. The third-order valence-electron chi connectivity index (χ3n) is 6.00. The van der Waals surface area contributed by atoms with Crippen LogP contribution in [0.15, 0.2) is 71.5 Å². The zero-order chi connectivity index (χ0) is 28.1. The molecule has 39 heavy (non-hydrogen) atoms. The molecule has 0 fully saturated rings. The molecule has 2 amide bonds. The molecular weight excluding hydrogens is 582 g/mol. The summed E-state index contributed by atoms with van der Waals surface area (Å²) in [5, 5.41) is 6.19. The lowest BCUT2D eigenvalue weighted by Gasteiger charge is -2.21. The highest BCUT2D eigenvalue weighted by Gasteiger charge is 2.18. The molecule has 0 radical (unpaired) electrons. The first-order valence-electron chi connectivity index (χ1n) is 12.6. The zero-order valence-corrected chi connectivity index (χ0v) is 24.3. The molecule has 0 saturated carbocycles. The van der Waals surface area contributed by atoms with E-state index in [1.807, 2.05) is 67.0 Å². The van der Waals surface area contributed by atoms with Crippen molar-refractivity contribution < 1.29 is 14.3 Å². The smallest absolute Gasteiger partial charge is 0.251 e. The Hall–Kier alpha value is -3.40. The van der Waals surface area contributed by atoms with Crippen LogP contribution in [0.5, 0.6) is 5.75 Å². The SMILES string of the molecule is CC(C)Oc1ccc(C(=O)N[C@H](CNC(=O)C(C)N)Cc2ccc(-c3cn4cccc(Br)c4n3)cc2)cc1Cl. The standard InChI is InChI=1S/C29H31BrClN5O3/c1-17(2)39-26-11-10-21(14-24(26)31)29(38)34-22(15-33-28(37)18(3)32)13-19-6-8-20(9-7-19)25-16-36-12-4-5-23(30)27(36)35-25/h4-12,14,16-18,22H,13,15,32H2,1-3H3,(H,33,37)(H,34,38)/t18?,22-/m0/s1. The van der Waals surface area contributed by atoms with E-state index < -0.39 is 6.04 Å². The summed E-state index contributed by atoms with van der Waals surface area (Å²) < 4.78 is 8.55. The van der Waals surface area contributed by atoms with Gasteiger partial charge in [-0.2, -0.15) is 0 Å². The zero-order valence-electron chi connectivity index (χ0n) is 21.9. The van der Waals surface area contributed by atoms with Crippen molar-refractivity contribution in [1.82, 2.24) is 20.0 Å². The van der Waals surface area contributed by atoms with Gasteiger partial charge in [-0.3, -0.25) is 9.59 Å². The quantitative estimate of drug-likeness (QED) is 0.233. The number of benzene rings is 2. The molecule has 2 aromatic carbocycles. The Morgan fingerprint density at radius 3 is 2.51 bits per heavy atom. The summed E-state index contributed by atoms with van der Waals surface area (Å²) in [4.78, 5) is 30.0. The minimum atomic E-state index is -0.654. The van der Waals surface area contributed by atoms with Gasteiger partial charge >= 0.3 is 0 Å². The Balaban J connectivity index is 1.49. The Labute approximate surface area is 241 Å². The first-order valence-corrected chi connectivity index (χ1v) is 13.8. The number of halogens is 2. The van der Waals surface area contributed by atoms with Crippen LogP contribution in [0.25, 0.3) is 16.9 Å². The maximum absolute atomic E-state index is 13.1. The fourth-order valence-corrected chi connectivity index (χ4v) is 4.70. The number of rotatable bonds is 10. The maximum atomic E-state index is 13.1. The summed E-state index contributed by atoms with van der Waals surface area (Å²) in [6.45, 7) is 5.64. The molecular formula is C29H31BrClN5O3. The second-order valence-electron chi connectivity index (χ2n) is 9.63. The first kappa shape index (κ1) is 28.6. The molecule has 4 N–H and O–H groups in total. The number of aromatic nitrogens is 2. The molecule has 2 atom stereocenters. The van der Waals surface area contributed by atoms with Crippen LogP contribution in [0.3, 0.4) is 0 Å². The number of nitrogens with one attached hydrogen (secondary N) is 2. The second kappa shape index (κ2) is 12.6. The number of ether oxygens (including phenoxy) is 1. The van der Waals surface area contributed by atoms with Crippen LogP contribution in [0.1, 0.15) is 36.7 Å². The molecule has 8 nitrogen and oxygen atoms in total. The average Bonchev–Trinajstić information content (AvgIpc) is 3.34. The lowest BCUT2D eigenvalue weighted by molar-refractivity contribution is -0.122. The van der Waals surface area contributed by atoms with Crippen molar-refractivity contribution >= 4 is 45.0 Å². The van der Waals surface area contributed by atoms with E-state index in [4.69, 9.17) is 27.1 Å². The monoisotopic (exact) mass is 611 g/mol. The summed E-state index contributed by atoms with van der Waals surface area (Å²) in [5.41, 5.74) is 9.75. The van der Waals surface area contributed by atoms with Crippen molar-refractivity contribution in [2.75, 3.05) is 6.54 Å². The normalized spacial score (nSPS) is 12.8. The van der Waals surface area contributed by atoms with Crippen LogP contribution < -0.4 is 21.1 Å². The van der Waals surface area contributed by atoms with Crippen molar-refractivity contribution in [2.45, 2.75) is 45.4 Å². The van der Waals surface area contributed by atoms with Gasteiger partial charge in [0.15, 0.2) is 5.65 Å². The van der Waals surface area contributed by atoms with Gasteiger partial charge in [0.25, 0.3) is 5.91 Å². The van der Waals surface area contributed by atoms with E-state index in [0.717, 1.165) is 26.9 Å². The molecule has 0 bridgehead atoms. The van der Waals surface area contributed by atoms with Crippen LogP contribution in [-0.2, 0) is 11.2 Å². The second-order valence-corrected chi connectivity index (χ2v) is 10.9. The van der Waals surface area contributed by atoms with Crippen molar-refractivity contribution in [1.29, 1.82) is 0 Å². The van der Waals surface area contributed by atoms with E-state index in [-0.39, 0.29) is 30.5 Å². The summed E-state index contributed by atoms with van der Waals surface area (Å²) in [7, 11) is 0. The molecule has 2 aromatic heterocycles. The molecule has 1 unspecified atom stereocenters. The van der Waals surface area contributed by atoms with Crippen LogP contribution >= 0.6 is 27.5 Å². The van der Waals surface area contributed by atoms with E-state index in [2.05, 4.69) is 26.6 Å². The maximum Gasteiger partial charge on any atom is 0.251 e. The Bertz CT molecular complexity index is 1470. The van der Waals surface area contributed by atoms with E-state index in [9.17, 15) is 9.59 Å². The van der Waals surface area contributed by atoms with Gasteiger partial charge in [-0.15, -0.1) is 0 Å². The van der Waals surface area contributed by atoms with E-state index >= 15 is 0 Å². The largest absolute Gasteiger partial charge is 0.489 e. The number of fused-ring (bicyclic) bond motifs is 1. The van der Waals surface area contributed by atoms with Crippen LogP contribution in [-0.4, -0.2) is 45.9 Å². The number of hydrogen-bond donors (Lipinski definition) is 3. The highest BCUT2D eigenvalue weighted by atomic mass is 79.9. The molecule has 0 spiro atoms. The van der Waals surface area contributed by atoms with Gasteiger partial charge in [0.1, 0.15) is 5.75 Å². The molecule has 0 aliphatic carbocycles. The number of hydrogen-bond acceptors (Lipinski definition) is 5. The lowest BCUT2D eigenvalue weighted by atomic mass is 10.0. The Morgan fingerprint density at radius 1 is 1.13 bits per heavy atom. The summed E-state index contributed by atoms with van der Waals surface area (Å²) in [6, 6.07) is 15.8. The van der Waals surface area contributed by atoms with Crippen LogP contribution in [0, 0.1) is 0 Å². The number of carbonyl (C=O) groups is 2. The van der Waals surface area contributed by atoms with Gasteiger partial charge in [0.05, 0.1) is 33.4 Å². The average molecular weight is 613 g/mol. The number of carbonyl (C=O) groups excluding carboxylic acids is 2. The predicted molar refractivity (Wildman–Crippen MR) is 157 cm³/mol. The van der Waals surface area contributed by atoms with Gasteiger partial charge in [0.2, 0.25) is 5.91 Å². The minimum absolute atomic E-state index is 0.0407. The number of amides is 2. The summed E-state index contributed by atoms with van der Waals surface area (Å²) >= 11 is 9.88. The molecule has 2 heterocycles. The third-order valence-corrected chi connectivity index (χ3v) is 6.91. The van der Waals surface area contributed by atoms with E-state index in [1.54, 1.807) is 25.1 Å². The number of nitrogens with two attached hydrogens (primary N) is 1. The Morgan fingerprint density at radius 2 is 1.87 bits per heavy atom. The number of nitrogens with zero attached hydrogens (tertiary/aromatic N) is 2. The van der Waals surface area contributed by atoms with Crippen molar-refractivity contribution in [3.05, 3.63) is 87.6 Å². The molecule has 10 heteroatoms. The fourth-order valence-electron chi connectivity index (χ4n) is 4.03.